The molecule has 0 saturated carbocycles. The van der Waals surface area contributed by atoms with Gasteiger partial charge in [0.2, 0.25) is 0 Å². The molecule has 104 valence electrons. The van der Waals surface area contributed by atoms with Crippen LogP contribution in [-0.2, 0) is 14.4 Å². The van der Waals surface area contributed by atoms with E-state index in [0.29, 0.717) is 17.9 Å². The molecule has 0 aliphatic carbocycles. The second-order valence-corrected chi connectivity index (χ2v) is 3.93. The molecule has 3 N–H and O–H groups in total. The minimum Gasteiger partial charge on any atom is -0.462 e. The fourth-order valence-electron chi connectivity index (χ4n) is 1.35. The van der Waals surface area contributed by atoms with Crippen LogP contribution in [0.2, 0.25) is 0 Å². The van der Waals surface area contributed by atoms with Gasteiger partial charge in [0.1, 0.15) is 6.61 Å². The number of hydrogen-bond donors (Lipinski definition) is 2. The minimum absolute atomic E-state index is 0.221. The zero-order chi connectivity index (χ0) is 14.1. The molecule has 1 rings (SSSR count). The normalized spacial score (nSPS) is 10.0. The first-order valence-electron chi connectivity index (χ1n) is 6.06. The van der Waals surface area contributed by atoms with Crippen LogP contribution in [0.25, 0.3) is 0 Å². The summed E-state index contributed by atoms with van der Waals surface area (Å²) in [5.41, 5.74) is 1.01. The molecule has 0 fully saturated rings. The van der Waals surface area contributed by atoms with Crippen molar-refractivity contribution in [2.45, 2.75) is 19.8 Å². The number of hydrogen-bond acceptors (Lipinski definition) is 5. The van der Waals surface area contributed by atoms with Crippen molar-refractivity contribution in [3.05, 3.63) is 29.8 Å². The first-order chi connectivity index (χ1) is 9.17. The van der Waals surface area contributed by atoms with Crippen molar-refractivity contribution in [1.82, 2.24) is 0 Å². The van der Waals surface area contributed by atoms with Crippen molar-refractivity contribution in [2.24, 2.45) is 5.90 Å². The molecule has 0 radical (unpaired) electrons. The second kappa shape index (κ2) is 8.23. The summed E-state index contributed by atoms with van der Waals surface area (Å²) in [6, 6.07) is 6.41. The molecule has 0 aliphatic rings. The molecule has 6 heteroatoms. The molecular weight excluding hydrogens is 248 g/mol. The van der Waals surface area contributed by atoms with Gasteiger partial charge in [-0.05, 0) is 30.7 Å². The van der Waals surface area contributed by atoms with Crippen LogP contribution < -0.4 is 11.2 Å². The maximum Gasteiger partial charge on any atom is 0.338 e. The highest BCUT2D eigenvalue weighted by atomic mass is 16.6. The molecule has 0 aliphatic heterocycles. The van der Waals surface area contributed by atoms with Crippen LogP contribution >= 0.6 is 0 Å². The van der Waals surface area contributed by atoms with Crippen molar-refractivity contribution < 1.29 is 19.2 Å². The maximum atomic E-state index is 11.6. The van der Waals surface area contributed by atoms with Crippen LogP contribution in [0.1, 0.15) is 30.1 Å². The highest BCUT2D eigenvalue weighted by molar-refractivity contribution is 5.93. The lowest BCUT2D eigenvalue weighted by atomic mass is 10.2. The Morgan fingerprint density at radius 1 is 1.26 bits per heavy atom. The van der Waals surface area contributed by atoms with Gasteiger partial charge in [0.15, 0.2) is 0 Å². The van der Waals surface area contributed by atoms with Crippen molar-refractivity contribution >= 4 is 17.6 Å². The van der Waals surface area contributed by atoms with E-state index in [1.165, 1.54) is 0 Å². The number of nitrogens with two attached hydrogens (primary N) is 1. The summed E-state index contributed by atoms with van der Waals surface area (Å²) in [4.78, 5) is 27.0. The number of unbranched alkanes of at least 4 members (excludes halogenated alkanes) is 1. The first kappa shape index (κ1) is 15.1. The number of rotatable bonds is 7. The maximum absolute atomic E-state index is 11.6. The van der Waals surface area contributed by atoms with Crippen LogP contribution in [0.5, 0.6) is 0 Å². The van der Waals surface area contributed by atoms with E-state index in [1.54, 1.807) is 24.3 Å². The molecular formula is C13H18N2O4. The monoisotopic (exact) mass is 266 g/mol. The van der Waals surface area contributed by atoms with E-state index in [-0.39, 0.29) is 18.5 Å². The molecule has 0 heterocycles. The Morgan fingerprint density at radius 2 is 1.95 bits per heavy atom. The average molecular weight is 266 g/mol. The Morgan fingerprint density at radius 3 is 2.53 bits per heavy atom. The van der Waals surface area contributed by atoms with E-state index in [1.807, 2.05) is 6.92 Å². The summed E-state index contributed by atoms with van der Waals surface area (Å²) in [5.74, 6) is 4.06. The summed E-state index contributed by atoms with van der Waals surface area (Å²) in [5, 5.41) is 2.57. The SMILES string of the molecule is CCCCOC(=O)c1ccc(NC(=O)CON)cc1. The van der Waals surface area contributed by atoms with Gasteiger partial charge in [-0.1, -0.05) is 13.3 Å². The number of esters is 1. The number of amides is 1. The number of ether oxygens (including phenoxy) is 1. The fourth-order valence-corrected chi connectivity index (χ4v) is 1.35. The summed E-state index contributed by atoms with van der Waals surface area (Å²) >= 11 is 0. The number of benzene rings is 1. The third-order valence-electron chi connectivity index (χ3n) is 2.35. The van der Waals surface area contributed by atoms with Crippen LogP contribution in [0.4, 0.5) is 5.69 Å². The van der Waals surface area contributed by atoms with E-state index < -0.39 is 0 Å². The highest BCUT2D eigenvalue weighted by Crippen LogP contribution is 2.10. The van der Waals surface area contributed by atoms with E-state index in [4.69, 9.17) is 10.6 Å². The molecule has 0 spiro atoms. The van der Waals surface area contributed by atoms with Gasteiger partial charge >= 0.3 is 5.97 Å². The lowest BCUT2D eigenvalue weighted by Crippen LogP contribution is -2.20. The molecule has 0 unspecified atom stereocenters. The Kier molecular flexibility index (Phi) is 6.56. The number of nitrogens with one attached hydrogen (secondary N) is 1. The molecule has 1 amide bonds. The van der Waals surface area contributed by atoms with Crippen molar-refractivity contribution in [2.75, 3.05) is 18.5 Å². The van der Waals surface area contributed by atoms with Crippen molar-refractivity contribution in [3.8, 4) is 0 Å². The molecule has 0 aromatic heterocycles. The van der Waals surface area contributed by atoms with Gasteiger partial charge < -0.3 is 10.1 Å². The Hall–Kier alpha value is -1.92. The Bertz CT molecular complexity index is 417. The van der Waals surface area contributed by atoms with E-state index in [9.17, 15) is 9.59 Å². The lowest BCUT2D eigenvalue weighted by molar-refractivity contribution is -0.120. The first-order valence-corrected chi connectivity index (χ1v) is 6.06. The second-order valence-electron chi connectivity index (χ2n) is 3.93. The van der Waals surface area contributed by atoms with Crippen molar-refractivity contribution in [3.63, 3.8) is 0 Å². The zero-order valence-corrected chi connectivity index (χ0v) is 10.8. The van der Waals surface area contributed by atoms with Gasteiger partial charge in [0.25, 0.3) is 5.91 Å². The molecule has 19 heavy (non-hydrogen) atoms. The average Bonchev–Trinajstić information content (AvgIpc) is 2.40. The van der Waals surface area contributed by atoms with Gasteiger partial charge in [0.05, 0.1) is 12.2 Å². The van der Waals surface area contributed by atoms with Gasteiger partial charge in [-0.3, -0.25) is 9.63 Å². The highest BCUT2D eigenvalue weighted by Gasteiger charge is 2.07. The molecule has 1 aromatic carbocycles. The molecule has 6 nitrogen and oxygen atoms in total. The van der Waals surface area contributed by atoms with E-state index >= 15 is 0 Å². The Balaban J connectivity index is 2.51. The van der Waals surface area contributed by atoms with Crippen LogP contribution in [0.15, 0.2) is 24.3 Å². The Labute approximate surface area is 111 Å². The molecule has 0 saturated heterocycles. The molecule has 1 aromatic rings. The minimum atomic E-state index is -0.364. The quantitative estimate of drug-likeness (QED) is 0.443. The predicted molar refractivity (Wildman–Crippen MR) is 70.4 cm³/mol. The summed E-state index contributed by atoms with van der Waals surface area (Å²) in [6.07, 6.45) is 1.82. The largest absolute Gasteiger partial charge is 0.462 e. The number of carbonyl (C=O) groups is 2. The molecule has 0 bridgehead atoms. The standard InChI is InChI=1S/C13H18N2O4/c1-2-3-8-18-13(17)10-4-6-11(7-5-10)15-12(16)9-19-14/h4-7H,2-3,8-9,14H2,1H3,(H,15,16). The van der Waals surface area contributed by atoms with Gasteiger partial charge in [-0.15, -0.1) is 0 Å². The smallest absolute Gasteiger partial charge is 0.338 e. The van der Waals surface area contributed by atoms with Crippen LogP contribution in [0, 0.1) is 0 Å². The van der Waals surface area contributed by atoms with E-state index in [0.717, 1.165) is 12.8 Å². The van der Waals surface area contributed by atoms with E-state index in [2.05, 4.69) is 10.2 Å². The summed E-state index contributed by atoms with van der Waals surface area (Å²) in [6.45, 7) is 2.22. The molecule has 0 atom stereocenters. The zero-order valence-electron chi connectivity index (χ0n) is 10.8. The summed E-state index contributed by atoms with van der Waals surface area (Å²) in [7, 11) is 0. The van der Waals surface area contributed by atoms with Gasteiger partial charge in [0, 0.05) is 5.69 Å². The topological polar surface area (TPSA) is 90.6 Å². The van der Waals surface area contributed by atoms with Gasteiger partial charge in [-0.2, -0.15) is 0 Å². The third kappa shape index (κ3) is 5.50. The van der Waals surface area contributed by atoms with Gasteiger partial charge in [-0.25, -0.2) is 10.7 Å². The van der Waals surface area contributed by atoms with Crippen LogP contribution in [-0.4, -0.2) is 25.1 Å². The summed E-state index contributed by atoms with van der Waals surface area (Å²) < 4.78 is 5.07. The predicted octanol–water partition coefficient (Wildman–Crippen LogP) is 1.47. The number of carbonyl (C=O) groups excluding carboxylic acids is 2. The van der Waals surface area contributed by atoms with Crippen LogP contribution in [0.3, 0.4) is 0 Å². The lowest BCUT2D eigenvalue weighted by Gasteiger charge is -2.06. The third-order valence-corrected chi connectivity index (χ3v) is 2.35. The van der Waals surface area contributed by atoms with Crippen molar-refractivity contribution in [1.29, 1.82) is 0 Å². The number of anilines is 1. The fraction of sp³-hybridized carbons (Fsp3) is 0.385.